The first kappa shape index (κ1) is 21.8. The van der Waals surface area contributed by atoms with Gasteiger partial charge in [0.15, 0.2) is 11.5 Å². The van der Waals surface area contributed by atoms with Crippen molar-refractivity contribution in [3.8, 4) is 11.5 Å². The van der Waals surface area contributed by atoms with E-state index in [4.69, 9.17) is 14.5 Å². The second kappa shape index (κ2) is 9.82. The summed E-state index contributed by atoms with van der Waals surface area (Å²) in [5, 5.41) is 6.14. The molecule has 0 radical (unpaired) electrons. The van der Waals surface area contributed by atoms with Crippen LogP contribution in [0.5, 0.6) is 11.5 Å². The minimum atomic E-state index is -0.216. The molecule has 1 amide bonds. The lowest BCUT2D eigenvalue weighted by Crippen LogP contribution is -2.30. The molecule has 0 unspecified atom stereocenters. The standard InChI is InChI=1S/C26H27N5O3/c1-18-15-24(31-13-3-2-4-14-31)30-26(27-18)29-21-9-7-20(8-10-21)28-25(32)12-6-19-5-11-22-23(16-19)34-17-33-22/h5-12,15-16H,2-4,13-14,17H2,1H3,(H,28,32)(H,27,29,30)/b12-6+. The van der Waals surface area contributed by atoms with E-state index in [0.717, 1.165) is 35.9 Å². The monoisotopic (exact) mass is 457 g/mol. The van der Waals surface area contributed by atoms with Crippen molar-refractivity contribution in [2.24, 2.45) is 0 Å². The second-order valence-electron chi connectivity index (χ2n) is 8.38. The molecule has 1 saturated heterocycles. The van der Waals surface area contributed by atoms with Crippen LogP contribution in [0.15, 0.2) is 54.6 Å². The molecule has 174 valence electrons. The third kappa shape index (κ3) is 5.28. The number of ether oxygens (including phenoxy) is 2. The van der Waals surface area contributed by atoms with Gasteiger partial charge >= 0.3 is 0 Å². The number of nitrogens with one attached hydrogen (secondary N) is 2. The van der Waals surface area contributed by atoms with Crippen molar-refractivity contribution in [2.75, 3.05) is 35.4 Å². The molecule has 2 aromatic carbocycles. The van der Waals surface area contributed by atoms with E-state index in [9.17, 15) is 4.79 Å². The summed E-state index contributed by atoms with van der Waals surface area (Å²) in [5.41, 5.74) is 3.34. The molecule has 5 rings (SSSR count). The Labute approximate surface area is 198 Å². The van der Waals surface area contributed by atoms with E-state index in [1.165, 1.54) is 25.3 Å². The van der Waals surface area contributed by atoms with Crippen LogP contribution < -0.4 is 25.0 Å². The molecule has 1 aromatic heterocycles. The Morgan fingerprint density at radius 1 is 0.941 bits per heavy atom. The van der Waals surface area contributed by atoms with E-state index in [0.29, 0.717) is 23.1 Å². The van der Waals surface area contributed by atoms with Gasteiger partial charge in [-0.1, -0.05) is 6.07 Å². The van der Waals surface area contributed by atoms with Gasteiger partial charge in [0.2, 0.25) is 18.6 Å². The van der Waals surface area contributed by atoms with E-state index < -0.39 is 0 Å². The van der Waals surface area contributed by atoms with Crippen LogP contribution in [0.25, 0.3) is 6.08 Å². The van der Waals surface area contributed by atoms with Crippen molar-refractivity contribution in [1.82, 2.24) is 9.97 Å². The molecular weight excluding hydrogens is 430 g/mol. The molecule has 3 heterocycles. The molecule has 2 N–H and O–H groups in total. The van der Waals surface area contributed by atoms with Crippen LogP contribution >= 0.6 is 0 Å². The van der Waals surface area contributed by atoms with E-state index in [1.807, 2.05) is 55.5 Å². The van der Waals surface area contributed by atoms with Crippen LogP contribution in [-0.4, -0.2) is 35.8 Å². The van der Waals surface area contributed by atoms with Gasteiger partial charge in [0.1, 0.15) is 5.82 Å². The van der Waals surface area contributed by atoms with Gasteiger partial charge in [-0.05, 0) is 74.2 Å². The number of benzene rings is 2. The maximum Gasteiger partial charge on any atom is 0.248 e. The lowest BCUT2D eigenvalue weighted by molar-refractivity contribution is -0.111. The summed E-state index contributed by atoms with van der Waals surface area (Å²) in [5.74, 6) is 2.73. The maximum absolute atomic E-state index is 12.3. The van der Waals surface area contributed by atoms with Gasteiger partial charge in [0.25, 0.3) is 0 Å². The molecule has 8 heteroatoms. The van der Waals surface area contributed by atoms with Crippen LogP contribution in [0.1, 0.15) is 30.5 Å². The quantitative estimate of drug-likeness (QED) is 0.509. The fourth-order valence-corrected chi connectivity index (χ4v) is 4.03. The lowest BCUT2D eigenvalue weighted by atomic mass is 10.1. The zero-order valence-electron chi connectivity index (χ0n) is 19.1. The predicted molar refractivity (Wildman–Crippen MR) is 133 cm³/mol. The van der Waals surface area contributed by atoms with Gasteiger partial charge in [-0.25, -0.2) is 4.98 Å². The third-order valence-corrected chi connectivity index (χ3v) is 5.75. The highest BCUT2D eigenvalue weighted by Crippen LogP contribution is 2.32. The number of nitrogens with zero attached hydrogens (tertiary/aromatic N) is 3. The number of amides is 1. The van der Waals surface area contributed by atoms with Crippen LogP contribution in [0.2, 0.25) is 0 Å². The smallest absolute Gasteiger partial charge is 0.248 e. The number of rotatable bonds is 6. The van der Waals surface area contributed by atoms with E-state index in [1.54, 1.807) is 6.08 Å². The fraction of sp³-hybridized carbons (Fsp3) is 0.269. The van der Waals surface area contributed by atoms with E-state index in [-0.39, 0.29) is 12.7 Å². The number of aryl methyl sites for hydroxylation is 1. The van der Waals surface area contributed by atoms with Crippen molar-refractivity contribution in [3.05, 3.63) is 65.9 Å². The summed E-state index contributed by atoms with van der Waals surface area (Å²) >= 11 is 0. The Bertz CT molecular complexity index is 1200. The van der Waals surface area contributed by atoms with Gasteiger partial charge in [-0.3, -0.25) is 4.79 Å². The molecular formula is C26H27N5O3. The topological polar surface area (TPSA) is 88.6 Å². The van der Waals surface area contributed by atoms with Crippen LogP contribution in [0.3, 0.4) is 0 Å². The summed E-state index contributed by atoms with van der Waals surface area (Å²) in [6.07, 6.45) is 6.91. The second-order valence-corrected chi connectivity index (χ2v) is 8.38. The Morgan fingerprint density at radius 2 is 1.71 bits per heavy atom. The minimum Gasteiger partial charge on any atom is -0.454 e. The van der Waals surface area contributed by atoms with Crippen molar-refractivity contribution in [1.29, 1.82) is 0 Å². The molecule has 0 bridgehead atoms. The molecule has 0 spiro atoms. The number of fused-ring (bicyclic) bond motifs is 1. The lowest BCUT2D eigenvalue weighted by Gasteiger charge is -2.28. The maximum atomic E-state index is 12.3. The zero-order valence-corrected chi connectivity index (χ0v) is 19.1. The number of hydrogen-bond donors (Lipinski definition) is 2. The fourth-order valence-electron chi connectivity index (χ4n) is 4.03. The normalized spacial score (nSPS) is 14.9. The Kier molecular flexibility index (Phi) is 6.29. The van der Waals surface area contributed by atoms with Gasteiger partial charge in [0.05, 0.1) is 0 Å². The molecule has 3 aromatic rings. The average molecular weight is 458 g/mol. The van der Waals surface area contributed by atoms with Crippen molar-refractivity contribution < 1.29 is 14.3 Å². The predicted octanol–water partition coefficient (Wildman–Crippen LogP) is 4.90. The highest BCUT2D eigenvalue weighted by Gasteiger charge is 2.14. The number of hydrogen-bond acceptors (Lipinski definition) is 7. The molecule has 8 nitrogen and oxygen atoms in total. The first-order valence-corrected chi connectivity index (χ1v) is 11.5. The van der Waals surface area contributed by atoms with E-state index >= 15 is 0 Å². The highest BCUT2D eigenvalue weighted by molar-refractivity contribution is 6.02. The largest absolute Gasteiger partial charge is 0.454 e. The van der Waals surface area contributed by atoms with Crippen molar-refractivity contribution in [3.63, 3.8) is 0 Å². The number of carbonyl (C=O) groups excluding carboxylic acids is 1. The Morgan fingerprint density at radius 3 is 2.53 bits per heavy atom. The number of aromatic nitrogens is 2. The molecule has 2 aliphatic rings. The van der Waals surface area contributed by atoms with Gasteiger partial charge in [-0.2, -0.15) is 4.98 Å². The number of anilines is 4. The van der Waals surface area contributed by atoms with Crippen LogP contribution in [0, 0.1) is 6.92 Å². The van der Waals surface area contributed by atoms with Crippen molar-refractivity contribution >= 4 is 35.1 Å². The highest BCUT2D eigenvalue weighted by atomic mass is 16.7. The minimum absolute atomic E-state index is 0.216. The number of carbonyl (C=O) groups is 1. The zero-order chi connectivity index (χ0) is 23.3. The summed E-state index contributed by atoms with van der Waals surface area (Å²) in [7, 11) is 0. The Hall–Kier alpha value is -4.07. The molecule has 2 aliphatic heterocycles. The molecule has 0 saturated carbocycles. The van der Waals surface area contributed by atoms with Crippen LogP contribution in [-0.2, 0) is 4.79 Å². The summed E-state index contributed by atoms with van der Waals surface area (Å²) in [4.78, 5) is 23.9. The average Bonchev–Trinajstić information content (AvgIpc) is 3.32. The number of piperidine rings is 1. The van der Waals surface area contributed by atoms with Crippen molar-refractivity contribution in [2.45, 2.75) is 26.2 Å². The SMILES string of the molecule is Cc1cc(N2CCCCC2)nc(Nc2ccc(NC(=O)/C=C/c3ccc4c(c3)OCO4)cc2)n1. The third-order valence-electron chi connectivity index (χ3n) is 5.75. The summed E-state index contributed by atoms with van der Waals surface area (Å²) in [6.45, 7) is 4.28. The van der Waals surface area contributed by atoms with Crippen LogP contribution in [0.4, 0.5) is 23.1 Å². The first-order valence-electron chi connectivity index (χ1n) is 11.5. The molecule has 0 atom stereocenters. The molecule has 1 fully saturated rings. The molecule has 0 aliphatic carbocycles. The molecule has 34 heavy (non-hydrogen) atoms. The summed E-state index contributed by atoms with van der Waals surface area (Å²) in [6, 6.07) is 15.1. The van der Waals surface area contributed by atoms with Gasteiger partial charge in [0, 0.05) is 42.3 Å². The van der Waals surface area contributed by atoms with E-state index in [2.05, 4.69) is 20.5 Å². The summed E-state index contributed by atoms with van der Waals surface area (Å²) < 4.78 is 10.7. The first-order chi connectivity index (χ1) is 16.6. The van der Waals surface area contributed by atoms with Gasteiger partial charge < -0.3 is 25.0 Å². The van der Waals surface area contributed by atoms with Gasteiger partial charge in [-0.15, -0.1) is 0 Å². The Balaban J connectivity index is 1.19.